The molecule has 3 aromatic rings. The van der Waals surface area contributed by atoms with Crippen molar-refractivity contribution in [2.45, 2.75) is 23.9 Å². The Morgan fingerprint density at radius 1 is 1.19 bits per heavy atom. The molecule has 27 heavy (non-hydrogen) atoms. The van der Waals surface area contributed by atoms with Gasteiger partial charge in [-0.25, -0.2) is 0 Å². The molecule has 1 amide bonds. The fraction of sp³-hybridized carbons (Fsp3) is 0.250. The second-order valence-corrected chi connectivity index (χ2v) is 7.40. The van der Waals surface area contributed by atoms with Crippen molar-refractivity contribution in [3.63, 3.8) is 0 Å². The van der Waals surface area contributed by atoms with E-state index in [4.69, 9.17) is 4.74 Å². The SMILES string of the molecule is COc1ccccc1-n1cnnc1SC(C)C(=O)N(C)Cc1ccccc1. The number of para-hydroxylation sites is 2. The monoisotopic (exact) mass is 382 g/mol. The van der Waals surface area contributed by atoms with Gasteiger partial charge in [0.15, 0.2) is 5.16 Å². The summed E-state index contributed by atoms with van der Waals surface area (Å²) < 4.78 is 7.26. The number of nitrogens with zero attached hydrogens (tertiary/aromatic N) is 4. The van der Waals surface area contributed by atoms with E-state index in [2.05, 4.69) is 10.2 Å². The van der Waals surface area contributed by atoms with E-state index in [1.807, 2.05) is 73.1 Å². The molecule has 0 radical (unpaired) electrons. The van der Waals surface area contributed by atoms with Crippen molar-refractivity contribution in [1.29, 1.82) is 0 Å². The van der Waals surface area contributed by atoms with Crippen molar-refractivity contribution in [3.05, 3.63) is 66.5 Å². The molecule has 2 aromatic carbocycles. The third-order valence-corrected chi connectivity index (χ3v) is 5.17. The number of amides is 1. The minimum absolute atomic E-state index is 0.0402. The van der Waals surface area contributed by atoms with Gasteiger partial charge in [0.05, 0.1) is 18.0 Å². The van der Waals surface area contributed by atoms with Crippen LogP contribution in [0.1, 0.15) is 12.5 Å². The van der Waals surface area contributed by atoms with E-state index in [1.165, 1.54) is 11.8 Å². The number of ether oxygens (including phenoxy) is 1. The van der Waals surface area contributed by atoms with E-state index in [0.717, 1.165) is 17.0 Å². The lowest BCUT2D eigenvalue weighted by atomic mass is 10.2. The molecule has 1 unspecified atom stereocenters. The number of rotatable bonds is 7. The summed E-state index contributed by atoms with van der Waals surface area (Å²) in [6.45, 7) is 2.46. The van der Waals surface area contributed by atoms with Crippen molar-refractivity contribution in [1.82, 2.24) is 19.7 Å². The molecule has 0 aliphatic rings. The third-order valence-electron chi connectivity index (χ3n) is 4.13. The van der Waals surface area contributed by atoms with Gasteiger partial charge < -0.3 is 9.64 Å². The summed E-state index contributed by atoms with van der Waals surface area (Å²) in [6, 6.07) is 17.6. The van der Waals surface area contributed by atoms with Crippen molar-refractivity contribution < 1.29 is 9.53 Å². The summed E-state index contributed by atoms with van der Waals surface area (Å²) in [7, 11) is 3.44. The first-order valence-corrected chi connectivity index (χ1v) is 9.47. The number of carbonyl (C=O) groups is 1. The molecule has 0 fully saturated rings. The highest BCUT2D eigenvalue weighted by atomic mass is 32.2. The van der Waals surface area contributed by atoms with Crippen LogP contribution in [0.4, 0.5) is 0 Å². The summed E-state index contributed by atoms with van der Waals surface area (Å²) in [5, 5.41) is 8.55. The highest BCUT2D eigenvalue weighted by Crippen LogP contribution is 2.29. The van der Waals surface area contributed by atoms with Crippen molar-refractivity contribution in [2.75, 3.05) is 14.2 Å². The number of thioether (sulfide) groups is 1. The molecule has 0 spiro atoms. The molecule has 7 heteroatoms. The molecule has 0 N–H and O–H groups in total. The van der Waals surface area contributed by atoms with Crippen LogP contribution in [0.15, 0.2) is 66.1 Å². The zero-order valence-corrected chi connectivity index (χ0v) is 16.4. The van der Waals surface area contributed by atoms with E-state index in [9.17, 15) is 4.79 Å². The minimum Gasteiger partial charge on any atom is -0.495 e. The Kier molecular flexibility index (Phi) is 6.13. The molecule has 6 nitrogen and oxygen atoms in total. The molecule has 0 saturated carbocycles. The average Bonchev–Trinajstić information content (AvgIpc) is 3.15. The number of carbonyl (C=O) groups excluding carboxylic acids is 1. The number of methoxy groups -OCH3 is 1. The predicted octanol–water partition coefficient (Wildman–Crippen LogP) is 3.42. The van der Waals surface area contributed by atoms with E-state index in [1.54, 1.807) is 18.3 Å². The topological polar surface area (TPSA) is 60.2 Å². The van der Waals surface area contributed by atoms with Crippen molar-refractivity contribution in [2.24, 2.45) is 0 Å². The molecular weight excluding hydrogens is 360 g/mol. The highest BCUT2D eigenvalue weighted by molar-refractivity contribution is 8.00. The molecule has 0 aliphatic carbocycles. The van der Waals surface area contributed by atoms with Gasteiger partial charge in [0, 0.05) is 13.6 Å². The van der Waals surface area contributed by atoms with Crippen LogP contribution in [0.25, 0.3) is 5.69 Å². The Labute approximate surface area is 163 Å². The number of aromatic nitrogens is 3. The molecule has 1 aromatic heterocycles. The second kappa shape index (κ2) is 8.73. The maximum Gasteiger partial charge on any atom is 0.235 e. The molecule has 1 heterocycles. The van der Waals surface area contributed by atoms with Crippen molar-refractivity contribution in [3.8, 4) is 11.4 Å². The minimum atomic E-state index is -0.295. The third kappa shape index (κ3) is 4.49. The molecule has 140 valence electrons. The Morgan fingerprint density at radius 2 is 1.89 bits per heavy atom. The van der Waals surface area contributed by atoms with Crippen LogP contribution in [-0.2, 0) is 11.3 Å². The average molecular weight is 382 g/mol. The number of benzene rings is 2. The molecule has 0 aliphatic heterocycles. The normalized spacial score (nSPS) is 11.8. The zero-order chi connectivity index (χ0) is 19.2. The molecule has 3 rings (SSSR count). The standard InChI is InChI=1S/C20H22N4O2S/c1-15(19(25)23(2)13-16-9-5-4-6-10-16)27-20-22-21-14-24(20)17-11-7-8-12-18(17)26-3/h4-12,14-15H,13H2,1-3H3. The van der Waals surface area contributed by atoms with Crippen LogP contribution in [0, 0.1) is 0 Å². The summed E-state index contributed by atoms with van der Waals surface area (Å²) in [6.07, 6.45) is 1.63. The Bertz CT molecular complexity index is 898. The van der Waals surface area contributed by atoms with Gasteiger partial charge in [-0.3, -0.25) is 9.36 Å². The van der Waals surface area contributed by atoms with E-state index >= 15 is 0 Å². The maximum absolute atomic E-state index is 12.8. The molecular formula is C20H22N4O2S. The largest absolute Gasteiger partial charge is 0.495 e. The Hall–Kier alpha value is -2.80. The molecule has 0 saturated heterocycles. The van der Waals surface area contributed by atoms with Crippen LogP contribution in [0.3, 0.4) is 0 Å². The van der Waals surface area contributed by atoms with E-state index in [0.29, 0.717) is 11.7 Å². The summed E-state index contributed by atoms with van der Waals surface area (Å²) in [5.74, 6) is 0.762. The summed E-state index contributed by atoms with van der Waals surface area (Å²) in [5.41, 5.74) is 1.94. The maximum atomic E-state index is 12.8. The van der Waals surface area contributed by atoms with Crippen LogP contribution in [0.5, 0.6) is 5.75 Å². The van der Waals surface area contributed by atoms with Gasteiger partial charge in [0.2, 0.25) is 5.91 Å². The summed E-state index contributed by atoms with van der Waals surface area (Å²) >= 11 is 1.38. The quantitative estimate of drug-likeness (QED) is 0.586. The Balaban J connectivity index is 1.72. The van der Waals surface area contributed by atoms with Crippen LogP contribution < -0.4 is 4.74 Å². The lowest BCUT2D eigenvalue weighted by Crippen LogP contribution is -2.32. The van der Waals surface area contributed by atoms with Crippen LogP contribution >= 0.6 is 11.8 Å². The van der Waals surface area contributed by atoms with Gasteiger partial charge in [-0.15, -0.1) is 10.2 Å². The fourth-order valence-corrected chi connectivity index (χ4v) is 3.70. The first-order chi connectivity index (χ1) is 13.1. The van der Waals surface area contributed by atoms with Gasteiger partial charge in [-0.05, 0) is 24.6 Å². The fourth-order valence-electron chi connectivity index (χ4n) is 2.75. The smallest absolute Gasteiger partial charge is 0.235 e. The van der Waals surface area contributed by atoms with Crippen LogP contribution in [-0.4, -0.2) is 45.0 Å². The lowest BCUT2D eigenvalue weighted by molar-refractivity contribution is -0.129. The zero-order valence-electron chi connectivity index (χ0n) is 15.6. The van der Waals surface area contributed by atoms with Crippen molar-refractivity contribution >= 4 is 17.7 Å². The van der Waals surface area contributed by atoms with Gasteiger partial charge in [0.1, 0.15) is 12.1 Å². The van der Waals surface area contributed by atoms with Crippen LogP contribution in [0.2, 0.25) is 0 Å². The van der Waals surface area contributed by atoms with E-state index < -0.39 is 0 Å². The lowest BCUT2D eigenvalue weighted by Gasteiger charge is -2.21. The first kappa shape index (κ1) is 19.0. The van der Waals surface area contributed by atoms with E-state index in [-0.39, 0.29) is 11.2 Å². The number of hydrogen-bond donors (Lipinski definition) is 0. The highest BCUT2D eigenvalue weighted by Gasteiger charge is 2.22. The summed E-state index contributed by atoms with van der Waals surface area (Å²) in [4.78, 5) is 14.5. The van der Waals surface area contributed by atoms with Gasteiger partial charge in [0.25, 0.3) is 0 Å². The van der Waals surface area contributed by atoms with Gasteiger partial charge >= 0.3 is 0 Å². The molecule has 0 bridgehead atoms. The first-order valence-electron chi connectivity index (χ1n) is 8.59. The number of hydrogen-bond acceptors (Lipinski definition) is 5. The van der Waals surface area contributed by atoms with Gasteiger partial charge in [-0.1, -0.05) is 54.2 Å². The second-order valence-electron chi connectivity index (χ2n) is 6.10. The predicted molar refractivity (Wildman–Crippen MR) is 106 cm³/mol. The molecule has 1 atom stereocenters. The Morgan fingerprint density at radius 3 is 2.63 bits per heavy atom. The van der Waals surface area contributed by atoms with Gasteiger partial charge in [-0.2, -0.15) is 0 Å².